The fourth-order valence-corrected chi connectivity index (χ4v) is 1.75. The van der Waals surface area contributed by atoms with Gasteiger partial charge in [0, 0.05) is 17.7 Å². The fourth-order valence-electron chi connectivity index (χ4n) is 1.75. The summed E-state index contributed by atoms with van der Waals surface area (Å²) in [5, 5.41) is 8.31. The Balaban J connectivity index is 2.63. The third-order valence-corrected chi connectivity index (χ3v) is 2.56. The molecular formula is C10H15N5. The Kier molecular flexibility index (Phi) is 2.64. The monoisotopic (exact) mass is 205 g/mol. The van der Waals surface area contributed by atoms with Crippen LogP contribution < -0.4 is 5.73 Å². The molecule has 0 unspecified atom stereocenters. The number of fused-ring (bicyclic) bond motifs is 1. The van der Waals surface area contributed by atoms with Crippen LogP contribution in [0.1, 0.15) is 24.0 Å². The second kappa shape index (κ2) is 3.94. The van der Waals surface area contributed by atoms with Crippen molar-refractivity contribution in [2.75, 3.05) is 6.54 Å². The molecule has 0 saturated heterocycles. The molecule has 2 rings (SSSR count). The van der Waals surface area contributed by atoms with Crippen LogP contribution in [0.15, 0.2) is 6.33 Å². The minimum atomic E-state index is 0.579. The lowest BCUT2D eigenvalue weighted by Gasteiger charge is -2.04. The van der Waals surface area contributed by atoms with E-state index in [9.17, 15) is 0 Å². The van der Waals surface area contributed by atoms with Gasteiger partial charge in [-0.15, -0.1) is 10.2 Å². The van der Waals surface area contributed by atoms with Gasteiger partial charge in [0.25, 0.3) is 0 Å². The smallest absolute Gasteiger partial charge is 0.167 e. The van der Waals surface area contributed by atoms with E-state index < -0.39 is 0 Å². The summed E-state index contributed by atoms with van der Waals surface area (Å²) in [5.41, 5.74) is 8.61. The van der Waals surface area contributed by atoms with Crippen molar-refractivity contribution in [3.63, 3.8) is 0 Å². The number of nitrogens with two attached hydrogens (primary N) is 1. The third-order valence-electron chi connectivity index (χ3n) is 2.56. The third kappa shape index (κ3) is 1.59. The average molecular weight is 205 g/mol. The maximum Gasteiger partial charge on any atom is 0.167 e. The van der Waals surface area contributed by atoms with E-state index in [4.69, 9.17) is 5.73 Å². The van der Waals surface area contributed by atoms with Crippen LogP contribution in [0.4, 0.5) is 0 Å². The molecule has 0 bridgehead atoms. The van der Waals surface area contributed by atoms with Crippen molar-refractivity contribution in [2.24, 2.45) is 5.73 Å². The molecule has 0 radical (unpaired) electrons. The molecule has 0 amide bonds. The van der Waals surface area contributed by atoms with E-state index in [1.165, 1.54) is 0 Å². The van der Waals surface area contributed by atoms with Gasteiger partial charge in [0.1, 0.15) is 12.2 Å². The minimum absolute atomic E-state index is 0.579. The maximum absolute atomic E-state index is 5.51. The molecule has 5 nitrogen and oxygen atoms in total. The maximum atomic E-state index is 5.51. The molecule has 0 saturated carbocycles. The zero-order chi connectivity index (χ0) is 10.8. The number of aromatic nitrogens is 4. The molecule has 0 aliphatic heterocycles. The van der Waals surface area contributed by atoms with E-state index in [1.54, 1.807) is 6.33 Å². The average Bonchev–Trinajstić information content (AvgIpc) is 2.62. The predicted molar refractivity (Wildman–Crippen MR) is 57.7 cm³/mol. The highest BCUT2D eigenvalue weighted by atomic mass is 15.3. The van der Waals surface area contributed by atoms with Crippen molar-refractivity contribution in [3.05, 3.63) is 23.4 Å². The molecule has 80 valence electrons. The van der Waals surface area contributed by atoms with Crippen LogP contribution in [0.25, 0.3) is 5.65 Å². The SMILES string of the molecule is CCc1c(C)ncn2c(CCN)nnc12. The quantitative estimate of drug-likeness (QED) is 0.792. The molecule has 2 N–H and O–H groups in total. The number of hydrogen-bond acceptors (Lipinski definition) is 4. The lowest BCUT2D eigenvalue weighted by molar-refractivity contribution is 0.836. The first-order valence-corrected chi connectivity index (χ1v) is 5.16. The van der Waals surface area contributed by atoms with E-state index in [0.29, 0.717) is 6.54 Å². The van der Waals surface area contributed by atoms with Gasteiger partial charge in [-0.3, -0.25) is 4.40 Å². The van der Waals surface area contributed by atoms with Crippen molar-refractivity contribution >= 4 is 5.65 Å². The summed E-state index contributed by atoms with van der Waals surface area (Å²) in [5.74, 6) is 0.884. The lowest BCUT2D eigenvalue weighted by atomic mass is 10.2. The molecule has 0 aliphatic carbocycles. The first-order chi connectivity index (χ1) is 7.27. The summed E-state index contributed by atoms with van der Waals surface area (Å²) in [6.07, 6.45) is 3.42. The van der Waals surface area contributed by atoms with Gasteiger partial charge in [0.2, 0.25) is 0 Å². The highest BCUT2D eigenvalue weighted by Crippen LogP contribution is 2.13. The molecule has 15 heavy (non-hydrogen) atoms. The van der Waals surface area contributed by atoms with Crippen molar-refractivity contribution in [3.8, 4) is 0 Å². The zero-order valence-corrected chi connectivity index (χ0v) is 9.06. The van der Waals surface area contributed by atoms with Gasteiger partial charge in [0.15, 0.2) is 5.65 Å². The molecule has 0 fully saturated rings. The van der Waals surface area contributed by atoms with Crippen molar-refractivity contribution in [2.45, 2.75) is 26.7 Å². The summed E-state index contributed by atoms with van der Waals surface area (Å²) in [6.45, 7) is 4.67. The topological polar surface area (TPSA) is 69.1 Å². The van der Waals surface area contributed by atoms with Gasteiger partial charge < -0.3 is 5.73 Å². The molecule has 2 aromatic heterocycles. The fraction of sp³-hybridized carbons (Fsp3) is 0.500. The zero-order valence-electron chi connectivity index (χ0n) is 9.06. The largest absolute Gasteiger partial charge is 0.330 e. The van der Waals surface area contributed by atoms with Gasteiger partial charge in [0.05, 0.1) is 0 Å². The van der Waals surface area contributed by atoms with Gasteiger partial charge in [-0.2, -0.15) is 0 Å². The molecule has 2 aromatic rings. The second-order valence-corrected chi connectivity index (χ2v) is 3.51. The van der Waals surface area contributed by atoms with Crippen LogP contribution in [0.2, 0.25) is 0 Å². The van der Waals surface area contributed by atoms with E-state index in [1.807, 2.05) is 11.3 Å². The summed E-state index contributed by atoms with van der Waals surface area (Å²) in [6, 6.07) is 0. The van der Waals surface area contributed by atoms with Crippen molar-refractivity contribution in [1.82, 2.24) is 19.6 Å². The van der Waals surface area contributed by atoms with Crippen LogP contribution in [0.3, 0.4) is 0 Å². The van der Waals surface area contributed by atoms with Crippen molar-refractivity contribution < 1.29 is 0 Å². The number of nitrogens with zero attached hydrogens (tertiary/aromatic N) is 4. The van der Waals surface area contributed by atoms with E-state index in [2.05, 4.69) is 22.1 Å². The summed E-state index contributed by atoms with van der Waals surface area (Å²) >= 11 is 0. The van der Waals surface area contributed by atoms with Crippen LogP contribution in [0.5, 0.6) is 0 Å². The van der Waals surface area contributed by atoms with Crippen LogP contribution >= 0.6 is 0 Å². The Morgan fingerprint density at radius 1 is 1.40 bits per heavy atom. The Bertz CT molecular complexity index is 474. The first-order valence-electron chi connectivity index (χ1n) is 5.16. The lowest BCUT2D eigenvalue weighted by Crippen LogP contribution is -2.07. The predicted octanol–water partition coefficient (Wildman–Crippen LogP) is 0.496. The highest BCUT2D eigenvalue weighted by Gasteiger charge is 2.10. The van der Waals surface area contributed by atoms with Crippen LogP contribution in [0, 0.1) is 6.92 Å². The van der Waals surface area contributed by atoms with Gasteiger partial charge in [-0.25, -0.2) is 4.98 Å². The molecular weight excluding hydrogens is 190 g/mol. The molecule has 0 atom stereocenters. The first kappa shape index (κ1) is 10.0. The molecule has 0 spiro atoms. The summed E-state index contributed by atoms with van der Waals surface area (Å²) in [4.78, 5) is 4.34. The normalized spacial score (nSPS) is 11.1. The number of rotatable bonds is 3. The van der Waals surface area contributed by atoms with E-state index in [0.717, 1.165) is 35.6 Å². The minimum Gasteiger partial charge on any atom is -0.330 e. The standard InChI is InChI=1S/C10H15N5/c1-3-8-7(2)12-6-15-9(4-5-11)13-14-10(8)15/h6H,3-5,11H2,1-2H3. The number of aryl methyl sites for hydroxylation is 2. The van der Waals surface area contributed by atoms with Gasteiger partial charge in [-0.1, -0.05) is 6.92 Å². The van der Waals surface area contributed by atoms with Gasteiger partial charge >= 0.3 is 0 Å². The Hall–Kier alpha value is -1.49. The molecule has 5 heteroatoms. The summed E-state index contributed by atoms with van der Waals surface area (Å²) in [7, 11) is 0. The Morgan fingerprint density at radius 3 is 2.87 bits per heavy atom. The van der Waals surface area contributed by atoms with E-state index >= 15 is 0 Å². The highest BCUT2D eigenvalue weighted by molar-refractivity contribution is 5.48. The number of hydrogen-bond donors (Lipinski definition) is 1. The molecule has 0 aliphatic rings. The molecule has 2 heterocycles. The van der Waals surface area contributed by atoms with Crippen molar-refractivity contribution in [1.29, 1.82) is 0 Å². The Morgan fingerprint density at radius 2 is 2.20 bits per heavy atom. The molecule has 0 aromatic carbocycles. The van der Waals surface area contributed by atoms with Crippen LogP contribution in [-0.4, -0.2) is 26.1 Å². The van der Waals surface area contributed by atoms with Gasteiger partial charge in [-0.05, 0) is 19.9 Å². The second-order valence-electron chi connectivity index (χ2n) is 3.51. The van der Waals surface area contributed by atoms with E-state index in [-0.39, 0.29) is 0 Å². The Labute approximate surface area is 88.3 Å². The van der Waals surface area contributed by atoms with Crippen LogP contribution in [-0.2, 0) is 12.8 Å². The summed E-state index contributed by atoms with van der Waals surface area (Å²) < 4.78 is 1.93.